The zero-order chi connectivity index (χ0) is 19.9. The summed E-state index contributed by atoms with van der Waals surface area (Å²) in [4.78, 5) is 23.8. The van der Waals surface area contributed by atoms with Crippen LogP contribution >= 0.6 is 24.0 Å². The number of nitrogens with one attached hydrogen (secondary N) is 1. The number of carbonyl (C=O) groups is 1. The van der Waals surface area contributed by atoms with Crippen molar-refractivity contribution in [1.82, 2.24) is 15.1 Å². The molecule has 162 valence electrons. The van der Waals surface area contributed by atoms with E-state index in [-0.39, 0.29) is 29.9 Å². The lowest BCUT2D eigenvalue weighted by atomic mass is 10.2. The molecule has 0 atom stereocenters. The van der Waals surface area contributed by atoms with E-state index in [9.17, 15) is 4.79 Å². The van der Waals surface area contributed by atoms with Crippen LogP contribution in [0, 0.1) is 5.92 Å². The Balaban J connectivity index is 0.00000300. The van der Waals surface area contributed by atoms with Gasteiger partial charge in [-0.25, -0.2) is 0 Å². The van der Waals surface area contributed by atoms with Gasteiger partial charge in [0, 0.05) is 65.0 Å². The number of guanidine groups is 1. The molecule has 0 bridgehead atoms. The highest BCUT2D eigenvalue weighted by molar-refractivity contribution is 14.0. The molecule has 3 rings (SSSR count). The van der Waals surface area contributed by atoms with Gasteiger partial charge in [0.1, 0.15) is 0 Å². The third kappa shape index (κ3) is 6.57. The average Bonchev–Trinajstić information content (AvgIpc) is 3.12. The highest BCUT2D eigenvalue weighted by Crippen LogP contribution is 2.27. The normalized spacial score (nSPS) is 17.3. The standard InChI is InChI=1S/C22H35N5O.HI/c1-18(2)17-25-13-15-26(16-14-25)22(23-3)24-11-6-9-21(28)27-12-10-19-7-4-5-8-20(19)27;/h4-5,7-8,18H,6,9-17H2,1-3H3,(H,23,24);1H. The van der Waals surface area contributed by atoms with E-state index < -0.39 is 0 Å². The average molecular weight is 513 g/mol. The van der Waals surface area contributed by atoms with E-state index in [1.165, 1.54) is 12.1 Å². The van der Waals surface area contributed by atoms with Gasteiger partial charge >= 0.3 is 0 Å². The molecule has 0 unspecified atom stereocenters. The number of hydrogen-bond donors (Lipinski definition) is 1. The van der Waals surface area contributed by atoms with Gasteiger partial charge in [0.25, 0.3) is 0 Å². The monoisotopic (exact) mass is 513 g/mol. The van der Waals surface area contributed by atoms with Gasteiger partial charge in [0.15, 0.2) is 5.96 Å². The number of nitrogens with zero attached hydrogens (tertiary/aromatic N) is 4. The van der Waals surface area contributed by atoms with Crippen molar-refractivity contribution in [3.63, 3.8) is 0 Å². The van der Waals surface area contributed by atoms with Gasteiger partial charge in [-0.15, -0.1) is 24.0 Å². The minimum atomic E-state index is 0. The van der Waals surface area contributed by atoms with Crippen molar-refractivity contribution in [3.05, 3.63) is 29.8 Å². The summed E-state index contributed by atoms with van der Waals surface area (Å²) in [6, 6.07) is 8.23. The number of anilines is 1. The van der Waals surface area contributed by atoms with Crippen molar-refractivity contribution >= 4 is 41.5 Å². The van der Waals surface area contributed by atoms with Gasteiger partial charge in [-0.1, -0.05) is 32.0 Å². The largest absolute Gasteiger partial charge is 0.356 e. The first-order valence-electron chi connectivity index (χ1n) is 10.6. The summed E-state index contributed by atoms with van der Waals surface area (Å²) >= 11 is 0. The zero-order valence-electron chi connectivity index (χ0n) is 18.1. The molecule has 7 heteroatoms. The molecule has 1 N–H and O–H groups in total. The Bertz CT molecular complexity index is 686. The fraction of sp³-hybridized carbons (Fsp3) is 0.636. The number of benzene rings is 1. The number of halogens is 1. The van der Waals surface area contributed by atoms with Crippen LogP contribution in [0.3, 0.4) is 0 Å². The van der Waals surface area contributed by atoms with Gasteiger partial charge in [0.05, 0.1) is 0 Å². The topological polar surface area (TPSA) is 51.2 Å². The van der Waals surface area contributed by atoms with E-state index in [0.29, 0.717) is 12.3 Å². The molecule has 1 aromatic rings. The summed E-state index contributed by atoms with van der Waals surface area (Å²) in [5.74, 6) is 1.90. The van der Waals surface area contributed by atoms with Crippen molar-refractivity contribution < 1.29 is 4.79 Å². The first kappa shape index (κ1) is 23.9. The minimum Gasteiger partial charge on any atom is -0.356 e. The molecule has 1 fully saturated rings. The van der Waals surface area contributed by atoms with Crippen LogP contribution in [0.2, 0.25) is 0 Å². The van der Waals surface area contributed by atoms with Crippen LogP contribution in [0.15, 0.2) is 29.3 Å². The second-order valence-electron chi connectivity index (χ2n) is 8.18. The molecule has 2 heterocycles. The van der Waals surface area contributed by atoms with Crippen LogP contribution in [-0.4, -0.2) is 74.5 Å². The molecule has 0 aliphatic carbocycles. The summed E-state index contributed by atoms with van der Waals surface area (Å²) in [6.07, 6.45) is 2.36. The first-order valence-corrected chi connectivity index (χ1v) is 10.6. The van der Waals surface area contributed by atoms with Crippen molar-refractivity contribution in [2.24, 2.45) is 10.9 Å². The number of aliphatic imine (C=N–C) groups is 1. The number of fused-ring (bicyclic) bond motifs is 1. The Morgan fingerprint density at radius 1 is 1.14 bits per heavy atom. The van der Waals surface area contributed by atoms with Gasteiger partial charge in [-0.2, -0.15) is 0 Å². The molecular formula is C22H36IN5O. The number of piperazine rings is 1. The lowest BCUT2D eigenvalue weighted by molar-refractivity contribution is -0.118. The molecule has 0 aromatic heterocycles. The summed E-state index contributed by atoms with van der Waals surface area (Å²) in [7, 11) is 1.84. The summed E-state index contributed by atoms with van der Waals surface area (Å²) in [6.45, 7) is 11.5. The van der Waals surface area contributed by atoms with Crippen LogP contribution in [0.5, 0.6) is 0 Å². The van der Waals surface area contributed by atoms with Gasteiger partial charge in [0.2, 0.25) is 5.91 Å². The molecule has 1 aromatic carbocycles. The fourth-order valence-corrected chi connectivity index (χ4v) is 4.16. The van der Waals surface area contributed by atoms with Crippen molar-refractivity contribution in [1.29, 1.82) is 0 Å². The second kappa shape index (κ2) is 11.7. The Morgan fingerprint density at radius 2 is 1.86 bits per heavy atom. The smallest absolute Gasteiger partial charge is 0.227 e. The van der Waals surface area contributed by atoms with Gasteiger partial charge in [-0.3, -0.25) is 14.7 Å². The maximum atomic E-state index is 12.6. The van der Waals surface area contributed by atoms with Crippen LogP contribution < -0.4 is 10.2 Å². The number of carbonyl (C=O) groups excluding carboxylic acids is 1. The maximum absolute atomic E-state index is 12.6. The number of para-hydroxylation sites is 1. The fourth-order valence-electron chi connectivity index (χ4n) is 4.16. The predicted octanol–water partition coefficient (Wildman–Crippen LogP) is 2.82. The number of hydrogen-bond acceptors (Lipinski definition) is 3. The van der Waals surface area contributed by atoms with Crippen molar-refractivity contribution in [2.45, 2.75) is 33.1 Å². The summed E-state index contributed by atoms with van der Waals surface area (Å²) < 4.78 is 0. The lowest BCUT2D eigenvalue weighted by Gasteiger charge is -2.37. The molecule has 0 radical (unpaired) electrons. The molecular weight excluding hydrogens is 477 g/mol. The van der Waals surface area contributed by atoms with E-state index in [2.05, 4.69) is 46.1 Å². The van der Waals surface area contributed by atoms with Crippen LogP contribution in [0.25, 0.3) is 0 Å². The molecule has 0 saturated carbocycles. The Morgan fingerprint density at radius 3 is 2.55 bits per heavy atom. The maximum Gasteiger partial charge on any atom is 0.227 e. The Labute approximate surface area is 192 Å². The SMILES string of the molecule is CN=C(NCCCC(=O)N1CCc2ccccc21)N1CCN(CC(C)C)CC1.I. The van der Waals surface area contributed by atoms with Gasteiger partial charge in [-0.05, 0) is 30.4 Å². The molecule has 2 aliphatic heterocycles. The molecule has 0 spiro atoms. The van der Waals surface area contributed by atoms with E-state index in [1.807, 2.05) is 24.1 Å². The predicted molar refractivity (Wildman–Crippen MR) is 131 cm³/mol. The molecule has 6 nitrogen and oxygen atoms in total. The van der Waals surface area contributed by atoms with Crippen LogP contribution in [0.1, 0.15) is 32.3 Å². The highest BCUT2D eigenvalue weighted by Gasteiger charge is 2.24. The summed E-state index contributed by atoms with van der Waals surface area (Å²) in [5.41, 5.74) is 2.38. The Hall–Kier alpha value is -1.35. The van der Waals surface area contributed by atoms with Gasteiger partial charge < -0.3 is 15.1 Å². The quantitative estimate of drug-likeness (QED) is 0.275. The van der Waals surface area contributed by atoms with E-state index in [4.69, 9.17) is 0 Å². The van der Waals surface area contributed by atoms with Crippen LogP contribution in [-0.2, 0) is 11.2 Å². The third-order valence-corrected chi connectivity index (χ3v) is 5.55. The summed E-state index contributed by atoms with van der Waals surface area (Å²) in [5, 5.41) is 3.45. The van der Waals surface area contributed by atoms with Crippen molar-refractivity contribution in [2.75, 3.05) is 57.8 Å². The third-order valence-electron chi connectivity index (χ3n) is 5.55. The number of rotatable bonds is 6. The molecule has 1 amide bonds. The lowest BCUT2D eigenvalue weighted by Crippen LogP contribution is -2.53. The van der Waals surface area contributed by atoms with E-state index in [0.717, 1.165) is 63.8 Å². The molecule has 2 aliphatic rings. The van der Waals surface area contributed by atoms with Crippen LogP contribution in [0.4, 0.5) is 5.69 Å². The zero-order valence-corrected chi connectivity index (χ0v) is 20.4. The van der Waals surface area contributed by atoms with Crippen molar-refractivity contribution in [3.8, 4) is 0 Å². The Kier molecular flexibility index (Phi) is 9.68. The molecule has 1 saturated heterocycles. The van der Waals surface area contributed by atoms with E-state index in [1.54, 1.807) is 0 Å². The molecule has 29 heavy (non-hydrogen) atoms. The first-order chi connectivity index (χ1) is 13.6. The number of amides is 1. The second-order valence-corrected chi connectivity index (χ2v) is 8.18. The highest BCUT2D eigenvalue weighted by atomic mass is 127. The van der Waals surface area contributed by atoms with E-state index >= 15 is 0 Å². The minimum absolute atomic E-state index is 0.